The molecule has 0 radical (unpaired) electrons. The highest BCUT2D eigenvalue weighted by atomic mass is 32.2. The highest BCUT2D eigenvalue weighted by molar-refractivity contribution is 8.30. The van der Waals surface area contributed by atoms with Crippen molar-refractivity contribution in [1.29, 1.82) is 0 Å². The molecule has 0 spiro atoms. The number of allylic oxidation sites excluding steroid dienone is 1. The maximum absolute atomic E-state index is 13.1. The first-order valence-corrected chi connectivity index (χ1v) is 13.3. The summed E-state index contributed by atoms with van der Waals surface area (Å²) in [6, 6.07) is 4.96. The third kappa shape index (κ3) is 4.68. The second-order valence-corrected chi connectivity index (χ2v) is 11.0. The van der Waals surface area contributed by atoms with Gasteiger partial charge in [-0.3, -0.25) is 23.9 Å². The van der Waals surface area contributed by atoms with Crippen LogP contribution in [0.1, 0.15) is 24.2 Å². The number of hydrogen-bond acceptors (Lipinski definition) is 9. The zero-order chi connectivity index (χ0) is 25.4. The second kappa shape index (κ2) is 10.0. The molecule has 1 amide bonds. The standard InChI is InChI=1S/C22H19N3O6S4/c1-3-23-12-9-11(21(30)31)5-6-13(12)33-15(23)8-7-14-18(28)24(4-2)20(34-14)17-19(29)25(10-16(26)27)22(32)35-17/h5-9H,3-4,10H2,1-2H3,(H,26,27)(H,30,31)/b14-7?,15-8?,20-17-. The van der Waals surface area contributed by atoms with Crippen molar-refractivity contribution in [3.8, 4) is 0 Å². The van der Waals surface area contributed by atoms with Gasteiger partial charge in [0.15, 0.2) is 0 Å². The molecule has 2 aliphatic heterocycles. The van der Waals surface area contributed by atoms with E-state index in [4.69, 9.17) is 17.3 Å². The molecule has 9 nitrogen and oxygen atoms in total. The monoisotopic (exact) mass is 549 g/mol. The number of anilines is 1. The number of aliphatic carboxylic acids is 1. The number of nitrogens with zero attached hydrogens (tertiary/aromatic N) is 3. The largest absolute Gasteiger partial charge is 0.480 e. The molecular weight excluding hydrogens is 531 g/mol. The molecule has 2 aromatic rings. The highest BCUT2D eigenvalue weighted by Gasteiger charge is 2.35. The zero-order valence-corrected chi connectivity index (χ0v) is 21.8. The quantitative estimate of drug-likeness (QED) is 0.517. The van der Waals surface area contributed by atoms with E-state index in [2.05, 4.69) is 0 Å². The van der Waals surface area contributed by atoms with E-state index in [1.165, 1.54) is 16.3 Å². The molecule has 0 saturated carbocycles. The number of thioether (sulfide) groups is 2. The summed E-state index contributed by atoms with van der Waals surface area (Å²) in [5.41, 5.74) is 0.738. The van der Waals surface area contributed by atoms with Crippen molar-refractivity contribution in [2.75, 3.05) is 18.0 Å². The number of fused-ring (bicyclic) bond motifs is 1. The Hall–Kier alpha value is -2.87. The van der Waals surface area contributed by atoms with Crippen LogP contribution in [0.5, 0.6) is 0 Å². The van der Waals surface area contributed by atoms with Gasteiger partial charge in [0.05, 0.1) is 20.8 Å². The van der Waals surface area contributed by atoms with Crippen LogP contribution in [-0.4, -0.2) is 54.9 Å². The van der Waals surface area contributed by atoms with Gasteiger partial charge in [-0.2, -0.15) is 0 Å². The van der Waals surface area contributed by atoms with E-state index in [-0.39, 0.29) is 20.3 Å². The molecule has 0 bridgehead atoms. The van der Waals surface area contributed by atoms with E-state index in [1.807, 2.05) is 11.8 Å². The molecule has 1 fully saturated rings. The van der Waals surface area contributed by atoms with Crippen LogP contribution >= 0.6 is 47.1 Å². The fraction of sp³-hybridized carbons (Fsp3) is 0.227. The predicted octanol–water partition coefficient (Wildman–Crippen LogP) is 1.94. The maximum atomic E-state index is 13.1. The van der Waals surface area contributed by atoms with Gasteiger partial charge >= 0.3 is 11.9 Å². The zero-order valence-electron chi connectivity index (χ0n) is 18.5. The molecular formula is C22H19N3O6S4. The summed E-state index contributed by atoms with van der Waals surface area (Å²) >= 11 is 8.80. The average molecular weight is 550 g/mol. The van der Waals surface area contributed by atoms with Gasteiger partial charge in [0.1, 0.15) is 20.4 Å². The predicted molar refractivity (Wildman–Crippen MR) is 141 cm³/mol. The van der Waals surface area contributed by atoms with Crippen molar-refractivity contribution in [3.63, 3.8) is 0 Å². The number of hydrogen-bond donors (Lipinski definition) is 2. The minimum atomic E-state index is -1.17. The lowest BCUT2D eigenvalue weighted by molar-refractivity contribution is -0.140. The van der Waals surface area contributed by atoms with Crippen LogP contribution in [0, 0.1) is 0 Å². The summed E-state index contributed by atoms with van der Waals surface area (Å²) in [6.45, 7) is 4.15. The van der Waals surface area contributed by atoms with Gasteiger partial charge in [0.2, 0.25) is 0 Å². The Bertz CT molecular complexity index is 1490. The number of benzene rings is 1. The van der Waals surface area contributed by atoms with Gasteiger partial charge in [-0.25, -0.2) is 4.79 Å². The minimum absolute atomic E-state index is 0.142. The van der Waals surface area contributed by atoms with Crippen molar-refractivity contribution < 1.29 is 24.6 Å². The van der Waals surface area contributed by atoms with Gasteiger partial charge in [0.25, 0.3) is 11.5 Å². The Balaban J connectivity index is 1.77. The summed E-state index contributed by atoms with van der Waals surface area (Å²) in [5.74, 6) is -2.69. The molecule has 1 aromatic carbocycles. The molecule has 1 saturated heterocycles. The van der Waals surface area contributed by atoms with Crippen LogP contribution < -0.4 is 19.7 Å². The lowest BCUT2D eigenvalue weighted by Gasteiger charge is -2.17. The number of carbonyl (C=O) groups is 3. The van der Waals surface area contributed by atoms with Gasteiger partial charge < -0.3 is 15.1 Å². The lowest BCUT2D eigenvalue weighted by atomic mass is 10.2. The van der Waals surface area contributed by atoms with E-state index in [0.29, 0.717) is 22.3 Å². The Morgan fingerprint density at radius 3 is 2.43 bits per heavy atom. The van der Waals surface area contributed by atoms with Gasteiger partial charge in [-0.1, -0.05) is 35.7 Å². The molecule has 2 N–H and O–H groups in total. The van der Waals surface area contributed by atoms with E-state index < -0.39 is 24.4 Å². The summed E-state index contributed by atoms with van der Waals surface area (Å²) in [7, 11) is 0. The molecule has 1 aromatic heterocycles. The Kier molecular flexibility index (Phi) is 7.22. The molecule has 182 valence electrons. The first-order chi connectivity index (χ1) is 16.7. The molecule has 4 rings (SSSR count). The van der Waals surface area contributed by atoms with Crippen molar-refractivity contribution >= 4 is 85.9 Å². The molecule has 0 atom stereocenters. The molecule has 3 heterocycles. The number of rotatable bonds is 6. The van der Waals surface area contributed by atoms with Crippen molar-refractivity contribution in [1.82, 2.24) is 9.47 Å². The minimum Gasteiger partial charge on any atom is -0.480 e. The Morgan fingerprint density at radius 1 is 1.06 bits per heavy atom. The van der Waals surface area contributed by atoms with Crippen LogP contribution in [0.2, 0.25) is 0 Å². The third-order valence-electron chi connectivity index (χ3n) is 5.23. The SMILES string of the molecule is CCN1C(=CC=c2s/c(=C3\SC(=S)N(CC(=O)O)C3=O)n(CC)c2=O)Sc2ccc(C(=O)O)cc21. The molecule has 13 heteroatoms. The van der Waals surface area contributed by atoms with Crippen LogP contribution in [0.4, 0.5) is 5.69 Å². The van der Waals surface area contributed by atoms with Crippen LogP contribution in [0.3, 0.4) is 0 Å². The summed E-state index contributed by atoms with van der Waals surface area (Å²) in [4.78, 5) is 52.5. The number of amides is 1. The fourth-order valence-corrected chi connectivity index (χ4v) is 7.25. The number of carboxylic acid groups (broad SMARTS) is 2. The Morgan fingerprint density at radius 2 is 1.80 bits per heavy atom. The van der Waals surface area contributed by atoms with Gasteiger partial charge in [0, 0.05) is 18.0 Å². The molecule has 2 aliphatic rings. The van der Waals surface area contributed by atoms with E-state index in [0.717, 1.165) is 43.6 Å². The van der Waals surface area contributed by atoms with Crippen LogP contribution in [-0.2, 0) is 16.1 Å². The molecule has 0 aliphatic carbocycles. The average Bonchev–Trinajstić information content (AvgIpc) is 3.42. The number of thiocarbonyl (C=S) groups is 1. The maximum Gasteiger partial charge on any atom is 0.335 e. The summed E-state index contributed by atoms with van der Waals surface area (Å²) < 4.78 is 2.47. The highest BCUT2D eigenvalue weighted by Crippen LogP contribution is 2.46. The number of thiazole rings is 1. The molecule has 0 unspecified atom stereocenters. The van der Waals surface area contributed by atoms with E-state index in [9.17, 15) is 24.3 Å². The van der Waals surface area contributed by atoms with E-state index >= 15 is 0 Å². The second-order valence-electron chi connectivity index (χ2n) is 7.31. The summed E-state index contributed by atoms with van der Waals surface area (Å²) in [6.07, 6.45) is 3.50. The first kappa shape index (κ1) is 25.2. The smallest absolute Gasteiger partial charge is 0.335 e. The summed E-state index contributed by atoms with van der Waals surface area (Å²) in [5, 5.41) is 19.2. The fourth-order valence-electron chi connectivity index (χ4n) is 3.62. The lowest BCUT2D eigenvalue weighted by Crippen LogP contribution is -2.35. The first-order valence-electron chi connectivity index (χ1n) is 10.4. The van der Waals surface area contributed by atoms with Crippen molar-refractivity contribution in [2.24, 2.45) is 0 Å². The number of carbonyl (C=O) groups excluding carboxylic acids is 1. The molecule has 35 heavy (non-hydrogen) atoms. The normalized spacial score (nSPS) is 18.7. The van der Waals surface area contributed by atoms with Crippen LogP contribution in [0.25, 0.3) is 11.0 Å². The number of aromatic carboxylic acids is 1. The Labute approximate surface area is 217 Å². The van der Waals surface area contributed by atoms with Gasteiger partial charge in [-0.05, 0) is 44.2 Å². The van der Waals surface area contributed by atoms with Gasteiger partial charge in [-0.15, -0.1) is 11.3 Å². The van der Waals surface area contributed by atoms with E-state index in [1.54, 1.807) is 37.3 Å². The topological polar surface area (TPSA) is 120 Å². The van der Waals surface area contributed by atoms with Crippen molar-refractivity contribution in [3.05, 3.63) is 54.4 Å². The number of aromatic nitrogens is 1. The number of carboxylic acids is 2. The van der Waals surface area contributed by atoms with Crippen molar-refractivity contribution in [2.45, 2.75) is 25.3 Å². The van der Waals surface area contributed by atoms with Crippen LogP contribution in [0.15, 0.2) is 39.0 Å². The third-order valence-corrected chi connectivity index (χ3v) is 9.08.